The molecule has 33 heavy (non-hydrogen) atoms. The van der Waals surface area contributed by atoms with E-state index in [1.807, 2.05) is 42.7 Å². The molecule has 9 heteroatoms. The Labute approximate surface area is 194 Å². The van der Waals surface area contributed by atoms with Crippen LogP contribution < -0.4 is 0 Å². The molecule has 0 spiro atoms. The minimum Gasteiger partial charge on any atom is -0.293 e. The highest BCUT2D eigenvalue weighted by atomic mass is 32.2. The highest BCUT2D eigenvalue weighted by Crippen LogP contribution is 2.29. The Hall–Kier alpha value is -3.85. The molecule has 2 aromatic carbocycles. The van der Waals surface area contributed by atoms with Crippen molar-refractivity contribution in [3.05, 3.63) is 93.3 Å². The molecule has 0 bridgehead atoms. The van der Waals surface area contributed by atoms with Crippen LogP contribution in [0.4, 0.5) is 5.69 Å². The smallest absolute Gasteiger partial charge is 0.273 e. The van der Waals surface area contributed by atoms with E-state index in [1.165, 1.54) is 23.4 Å². The van der Waals surface area contributed by atoms with Gasteiger partial charge in [-0.15, -0.1) is 10.2 Å². The molecule has 0 radical (unpaired) electrons. The maximum absolute atomic E-state index is 12.8. The van der Waals surface area contributed by atoms with Crippen LogP contribution in [0.15, 0.2) is 66.1 Å². The summed E-state index contributed by atoms with van der Waals surface area (Å²) in [7, 11) is 0. The Kier molecular flexibility index (Phi) is 6.32. The van der Waals surface area contributed by atoms with Gasteiger partial charge in [0.1, 0.15) is 0 Å². The monoisotopic (exact) mass is 459 g/mol. The fourth-order valence-electron chi connectivity index (χ4n) is 3.34. The lowest BCUT2D eigenvalue weighted by atomic mass is 10.1. The van der Waals surface area contributed by atoms with Crippen molar-refractivity contribution < 1.29 is 9.72 Å². The molecule has 2 aromatic heterocycles. The van der Waals surface area contributed by atoms with Crippen LogP contribution in [0.3, 0.4) is 0 Å². The molecule has 0 N–H and O–H groups in total. The molecule has 0 aliphatic rings. The second-order valence-corrected chi connectivity index (χ2v) is 8.56. The summed E-state index contributed by atoms with van der Waals surface area (Å²) >= 11 is 1.24. The Balaban J connectivity index is 1.68. The Morgan fingerprint density at radius 3 is 2.39 bits per heavy atom. The molecule has 0 aliphatic carbocycles. The van der Waals surface area contributed by atoms with Crippen LogP contribution in [-0.4, -0.2) is 36.2 Å². The van der Waals surface area contributed by atoms with E-state index in [-0.39, 0.29) is 17.2 Å². The highest BCUT2D eigenvalue weighted by Gasteiger charge is 2.20. The summed E-state index contributed by atoms with van der Waals surface area (Å²) in [6.07, 6.45) is 3.38. The van der Waals surface area contributed by atoms with Gasteiger partial charge in [0.2, 0.25) is 0 Å². The Bertz CT molecular complexity index is 1350. The van der Waals surface area contributed by atoms with E-state index in [0.717, 1.165) is 16.8 Å². The molecule has 8 nitrogen and oxygen atoms in total. The third kappa shape index (κ3) is 4.68. The number of nitro groups is 1. The van der Waals surface area contributed by atoms with Crippen LogP contribution in [0.1, 0.15) is 27.0 Å². The topological polar surface area (TPSA) is 104 Å². The van der Waals surface area contributed by atoms with Crippen molar-refractivity contribution in [2.45, 2.75) is 25.9 Å². The minimum atomic E-state index is -0.476. The first-order chi connectivity index (χ1) is 15.8. The molecule has 0 unspecified atom stereocenters. The molecule has 166 valence electrons. The lowest BCUT2D eigenvalue weighted by Gasteiger charge is -2.12. The number of rotatable bonds is 7. The average Bonchev–Trinajstić information content (AvgIpc) is 3.24. The van der Waals surface area contributed by atoms with Gasteiger partial charge in [0.25, 0.3) is 5.69 Å². The zero-order valence-electron chi connectivity index (χ0n) is 18.3. The quantitative estimate of drug-likeness (QED) is 0.163. The number of nitrogens with zero attached hydrogens (tertiary/aromatic N) is 5. The van der Waals surface area contributed by atoms with Crippen molar-refractivity contribution >= 4 is 23.2 Å². The maximum atomic E-state index is 12.8. The summed E-state index contributed by atoms with van der Waals surface area (Å²) in [6.45, 7) is 5.73. The Morgan fingerprint density at radius 1 is 0.970 bits per heavy atom. The Morgan fingerprint density at radius 2 is 1.70 bits per heavy atom. The molecule has 0 aliphatic heterocycles. The van der Waals surface area contributed by atoms with Crippen LogP contribution in [0, 0.1) is 30.9 Å². The molecule has 4 aromatic rings. The van der Waals surface area contributed by atoms with E-state index >= 15 is 0 Å². The minimum absolute atomic E-state index is 0.0656. The van der Waals surface area contributed by atoms with E-state index in [4.69, 9.17) is 0 Å². The van der Waals surface area contributed by atoms with E-state index in [1.54, 1.807) is 31.5 Å². The number of Topliss-reactive ketones (excluding diaryl/α,β-unsaturated/α-hetero) is 1. The van der Waals surface area contributed by atoms with Crippen molar-refractivity contribution in [2.24, 2.45) is 0 Å². The number of pyridine rings is 1. The summed E-state index contributed by atoms with van der Waals surface area (Å²) in [5, 5.41) is 20.5. The van der Waals surface area contributed by atoms with Crippen LogP contribution in [0.2, 0.25) is 0 Å². The molecule has 2 heterocycles. The van der Waals surface area contributed by atoms with Gasteiger partial charge < -0.3 is 0 Å². The second-order valence-electron chi connectivity index (χ2n) is 7.62. The van der Waals surface area contributed by atoms with E-state index in [2.05, 4.69) is 21.2 Å². The molecule has 0 saturated heterocycles. The van der Waals surface area contributed by atoms with Crippen molar-refractivity contribution in [1.82, 2.24) is 19.7 Å². The van der Waals surface area contributed by atoms with Gasteiger partial charge >= 0.3 is 0 Å². The highest BCUT2D eigenvalue weighted by molar-refractivity contribution is 7.99. The molecule has 0 atom stereocenters. The van der Waals surface area contributed by atoms with E-state index in [9.17, 15) is 14.9 Å². The third-order valence-electron chi connectivity index (χ3n) is 5.38. The van der Waals surface area contributed by atoms with Gasteiger partial charge in [0, 0.05) is 35.2 Å². The van der Waals surface area contributed by atoms with Gasteiger partial charge in [-0.05, 0) is 56.2 Å². The number of carbonyl (C=O) groups is 1. The summed E-state index contributed by atoms with van der Waals surface area (Å²) in [4.78, 5) is 27.6. The number of hydrogen-bond donors (Lipinski definition) is 0. The normalized spacial score (nSPS) is 10.9. The van der Waals surface area contributed by atoms with Gasteiger partial charge in [0.15, 0.2) is 16.8 Å². The maximum Gasteiger partial charge on any atom is 0.273 e. The molecule has 0 fully saturated rings. The fourth-order valence-corrected chi connectivity index (χ4v) is 4.19. The summed E-state index contributed by atoms with van der Waals surface area (Å²) in [5.41, 5.74) is 4.78. The predicted molar refractivity (Wildman–Crippen MR) is 127 cm³/mol. The standard InChI is InChI=1S/C24H21N5O3S/c1-15-5-7-20(12-17(15)3)28-23(18-8-10-25-11-9-18)26-27-24(28)33-14-22(30)19-6-4-16(2)21(13-19)29(31)32/h4-13H,14H2,1-3H3. The molecule has 0 saturated carbocycles. The summed E-state index contributed by atoms with van der Waals surface area (Å²) in [5.74, 6) is 0.490. The van der Waals surface area contributed by atoms with Crippen LogP contribution in [0.25, 0.3) is 17.1 Å². The van der Waals surface area contributed by atoms with Crippen LogP contribution in [0.5, 0.6) is 0 Å². The number of benzene rings is 2. The molecular formula is C24H21N5O3S. The number of ketones is 1. The predicted octanol–water partition coefficient (Wildman–Crippen LogP) is 5.14. The largest absolute Gasteiger partial charge is 0.293 e. The van der Waals surface area contributed by atoms with E-state index < -0.39 is 4.92 Å². The fraction of sp³-hybridized carbons (Fsp3) is 0.167. The summed E-state index contributed by atoms with van der Waals surface area (Å²) in [6, 6.07) is 14.3. The van der Waals surface area contributed by atoms with Crippen molar-refractivity contribution in [3.8, 4) is 17.1 Å². The third-order valence-corrected chi connectivity index (χ3v) is 6.31. The zero-order valence-corrected chi connectivity index (χ0v) is 19.2. The van der Waals surface area contributed by atoms with Crippen molar-refractivity contribution in [2.75, 3.05) is 5.75 Å². The molecule has 0 amide bonds. The summed E-state index contributed by atoms with van der Waals surface area (Å²) < 4.78 is 1.91. The number of aromatic nitrogens is 4. The first kappa shape index (κ1) is 22.3. The van der Waals surface area contributed by atoms with Crippen molar-refractivity contribution in [3.63, 3.8) is 0 Å². The SMILES string of the molecule is Cc1ccc(-n2c(SCC(=O)c3ccc(C)c([N+](=O)[O-])c3)nnc2-c2ccncc2)cc1C. The first-order valence-electron chi connectivity index (χ1n) is 10.2. The molecular weight excluding hydrogens is 438 g/mol. The lowest BCUT2D eigenvalue weighted by molar-refractivity contribution is -0.385. The second kappa shape index (κ2) is 9.33. The van der Waals surface area contributed by atoms with Crippen molar-refractivity contribution in [1.29, 1.82) is 0 Å². The van der Waals surface area contributed by atoms with Crippen LogP contribution >= 0.6 is 11.8 Å². The van der Waals surface area contributed by atoms with E-state index in [0.29, 0.717) is 22.1 Å². The first-order valence-corrected chi connectivity index (χ1v) is 11.2. The molecule has 4 rings (SSSR count). The number of thioether (sulfide) groups is 1. The zero-order chi connectivity index (χ0) is 23.5. The van der Waals surface area contributed by atoms with Gasteiger partial charge in [-0.3, -0.25) is 24.5 Å². The van der Waals surface area contributed by atoms with Gasteiger partial charge in [0.05, 0.1) is 16.4 Å². The average molecular weight is 460 g/mol. The van der Waals surface area contributed by atoms with Crippen LogP contribution in [-0.2, 0) is 0 Å². The van der Waals surface area contributed by atoms with Gasteiger partial charge in [-0.25, -0.2) is 0 Å². The number of aryl methyl sites for hydroxylation is 3. The van der Waals surface area contributed by atoms with Gasteiger partial charge in [-0.2, -0.15) is 0 Å². The number of carbonyl (C=O) groups excluding carboxylic acids is 1. The van der Waals surface area contributed by atoms with Gasteiger partial charge in [-0.1, -0.05) is 30.0 Å². The lowest BCUT2D eigenvalue weighted by Crippen LogP contribution is -2.06. The number of nitro benzene ring substituents is 1. The number of hydrogen-bond acceptors (Lipinski definition) is 7.